The van der Waals surface area contributed by atoms with Gasteiger partial charge in [0.15, 0.2) is 0 Å². The highest BCUT2D eigenvalue weighted by molar-refractivity contribution is 5.44. The summed E-state index contributed by atoms with van der Waals surface area (Å²) in [6, 6.07) is 6.47. The van der Waals surface area contributed by atoms with Crippen LogP contribution in [-0.2, 0) is 12.0 Å². The van der Waals surface area contributed by atoms with Gasteiger partial charge in [-0.2, -0.15) is 0 Å². The van der Waals surface area contributed by atoms with Gasteiger partial charge in [0.25, 0.3) is 0 Å². The molecule has 20 heavy (non-hydrogen) atoms. The number of benzene rings is 1. The molecule has 3 atom stereocenters. The van der Waals surface area contributed by atoms with Crippen molar-refractivity contribution in [1.82, 2.24) is 0 Å². The summed E-state index contributed by atoms with van der Waals surface area (Å²) in [5, 5.41) is 0. The summed E-state index contributed by atoms with van der Waals surface area (Å²) in [6.07, 6.45) is 8.89. The minimum atomic E-state index is -0.113. The van der Waals surface area contributed by atoms with E-state index in [4.69, 9.17) is 10.5 Å². The average molecular weight is 273 g/mol. The molecule has 2 nitrogen and oxygen atoms in total. The number of hydrogen-bond donors (Lipinski definition) is 1. The molecule has 0 saturated heterocycles. The molecule has 3 unspecified atom stereocenters. The van der Waals surface area contributed by atoms with Crippen molar-refractivity contribution in [3.05, 3.63) is 29.3 Å². The fraction of sp³-hybridized carbons (Fsp3) is 0.667. The van der Waals surface area contributed by atoms with Gasteiger partial charge in [0.05, 0.1) is 7.11 Å². The van der Waals surface area contributed by atoms with E-state index in [-0.39, 0.29) is 5.54 Å². The van der Waals surface area contributed by atoms with Crippen LogP contribution in [0.2, 0.25) is 0 Å². The predicted molar refractivity (Wildman–Crippen MR) is 82.9 cm³/mol. The summed E-state index contributed by atoms with van der Waals surface area (Å²) < 4.78 is 5.41. The van der Waals surface area contributed by atoms with Crippen molar-refractivity contribution in [1.29, 1.82) is 0 Å². The molecule has 0 aliphatic heterocycles. The largest absolute Gasteiger partial charge is 0.497 e. The molecule has 1 aromatic rings. The Bertz CT molecular complexity index is 484. The Kier molecular flexibility index (Phi) is 3.76. The molecule has 110 valence electrons. The topological polar surface area (TPSA) is 35.2 Å². The minimum absolute atomic E-state index is 0.113. The Balaban J connectivity index is 1.90. The number of rotatable bonds is 3. The second kappa shape index (κ2) is 5.40. The smallest absolute Gasteiger partial charge is 0.119 e. The maximum absolute atomic E-state index is 6.93. The normalized spacial score (nSPS) is 33.0. The average Bonchev–Trinajstić information content (AvgIpc) is 2.85. The van der Waals surface area contributed by atoms with Crippen LogP contribution in [0.25, 0.3) is 0 Å². The first-order chi connectivity index (χ1) is 9.67. The highest BCUT2D eigenvalue weighted by atomic mass is 16.5. The molecule has 0 spiro atoms. The van der Waals surface area contributed by atoms with Crippen molar-refractivity contribution >= 4 is 0 Å². The van der Waals surface area contributed by atoms with E-state index in [0.717, 1.165) is 24.5 Å². The maximum atomic E-state index is 6.93. The molecule has 3 rings (SSSR count). The number of ether oxygens (including phenoxy) is 1. The molecule has 2 aliphatic carbocycles. The van der Waals surface area contributed by atoms with Crippen molar-refractivity contribution in [2.24, 2.45) is 17.6 Å². The van der Waals surface area contributed by atoms with Gasteiger partial charge in [0.1, 0.15) is 5.75 Å². The molecule has 2 aliphatic rings. The van der Waals surface area contributed by atoms with E-state index >= 15 is 0 Å². The van der Waals surface area contributed by atoms with Gasteiger partial charge >= 0.3 is 0 Å². The summed E-state index contributed by atoms with van der Waals surface area (Å²) >= 11 is 0. The Morgan fingerprint density at radius 2 is 2.20 bits per heavy atom. The lowest BCUT2D eigenvalue weighted by molar-refractivity contribution is 0.160. The molecule has 0 bridgehead atoms. The second-order valence-electron chi connectivity index (χ2n) is 6.70. The molecule has 1 fully saturated rings. The number of fused-ring (bicyclic) bond motifs is 1. The SMILES string of the molecule is CCC1CCCC(C2(N)CCc3ccc(OC)cc32)C1. The molecule has 0 amide bonds. The first kappa shape index (κ1) is 13.9. The first-order valence-corrected chi connectivity index (χ1v) is 8.13. The summed E-state index contributed by atoms with van der Waals surface area (Å²) in [5.74, 6) is 2.47. The zero-order valence-electron chi connectivity index (χ0n) is 12.8. The van der Waals surface area contributed by atoms with E-state index in [1.165, 1.54) is 43.2 Å². The molecule has 0 aromatic heterocycles. The van der Waals surface area contributed by atoms with Crippen LogP contribution in [0.15, 0.2) is 18.2 Å². The molecule has 1 aromatic carbocycles. The van der Waals surface area contributed by atoms with Gasteiger partial charge in [-0.3, -0.25) is 0 Å². The van der Waals surface area contributed by atoms with Crippen molar-refractivity contribution in [3.63, 3.8) is 0 Å². The van der Waals surface area contributed by atoms with Crippen LogP contribution >= 0.6 is 0 Å². The number of hydrogen-bond acceptors (Lipinski definition) is 2. The third kappa shape index (κ3) is 2.24. The summed E-state index contributed by atoms with van der Waals surface area (Å²) in [4.78, 5) is 0. The lowest BCUT2D eigenvalue weighted by Gasteiger charge is -2.40. The van der Waals surface area contributed by atoms with E-state index in [9.17, 15) is 0 Å². The summed E-state index contributed by atoms with van der Waals surface area (Å²) in [6.45, 7) is 2.32. The van der Waals surface area contributed by atoms with Gasteiger partial charge in [-0.1, -0.05) is 32.3 Å². The summed E-state index contributed by atoms with van der Waals surface area (Å²) in [5.41, 5.74) is 9.61. The van der Waals surface area contributed by atoms with Crippen molar-refractivity contribution in [2.75, 3.05) is 7.11 Å². The van der Waals surface area contributed by atoms with E-state index < -0.39 is 0 Å². The lowest BCUT2D eigenvalue weighted by atomic mass is 9.68. The highest BCUT2D eigenvalue weighted by Gasteiger charge is 2.43. The fourth-order valence-corrected chi connectivity index (χ4v) is 4.36. The van der Waals surface area contributed by atoms with Crippen molar-refractivity contribution in [2.45, 2.75) is 57.4 Å². The second-order valence-corrected chi connectivity index (χ2v) is 6.70. The van der Waals surface area contributed by atoms with Crippen molar-refractivity contribution in [3.8, 4) is 5.75 Å². The standard InChI is InChI=1S/C18H27NO/c1-3-13-5-4-6-15(11-13)18(19)10-9-14-7-8-16(20-2)12-17(14)18/h7-8,12-13,15H,3-6,9-11,19H2,1-2H3. The molecular formula is C18H27NO. The van der Waals surface area contributed by atoms with Crippen LogP contribution in [0.1, 0.15) is 56.6 Å². The molecular weight excluding hydrogens is 246 g/mol. The highest BCUT2D eigenvalue weighted by Crippen LogP contribution is 2.48. The quantitative estimate of drug-likeness (QED) is 0.903. The van der Waals surface area contributed by atoms with Gasteiger partial charge in [-0.25, -0.2) is 0 Å². The van der Waals surface area contributed by atoms with Crippen LogP contribution in [0.4, 0.5) is 0 Å². The lowest BCUT2D eigenvalue weighted by Crippen LogP contribution is -2.44. The minimum Gasteiger partial charge on any atom is -0.497 e. The first-order valence-electron chi connectivity index (χ1n) is 8.13. The Labute approximate surface area is 122 Å². The monoisotopic (exact) mass is 273 g/mol. The van der Waals surface area contributed by atoms with Gasteiger partial charge in [-0.05, 0) is 60.8 Å². The van der Waals surface area contributed by atoms with E-state index in [1.54, 1.807) is 7.11 Å². The van der Waals surface area contributed by atoms with Crippen LogP contribution < -0.4 is 10.5 Å². The predicted octanol–water partition coefficient (Wildman–Crippen LogP) is 4.01. The van der Waals surface area contributed by atoms with Crippen molar-refractivity contribution < 1.29 is 4.74 Å². The zero-order valence-corrected chi connectivity index (χ0v) is 12.8. The van der Waals surface area contributed by atoms with Gasteiger partial charge in [0, 0.05) is 5.54 Å². The van der Waals surface area contributed by atoms with E-state index in [0.29, 0.717) is 5.92 Å². The molecule has 1 saturated carbocycles. The zero-order chi connectivity index (χ0) is 14.2. The molecule has 2 heteroatoms. The van der Waals surface area contributed by atoms with Crippen LogP contribution in [0.3, 0.4) is 0 Å². The van der Waals surface area contributed by atoms with E-state index in [1.807, 2.05) is 0 Å². The summed E-state index contributed by atoms with van der Waals surface area (Å²) in [7, 11) is 1.74. The van der Waals surface area contributed by atoms with Crippen LogP contribution in [-0.4, -0.2) is 7.11 Å². The van der Waals surface area contributed by atoms with Gasteiger partial charge in [-0.15, -0.1) is 0 Å². The Hall–Kier alpha value is -1.02. The third-order valence-corrected chi connectivity index (χ3v) is 5.72. The third-order valence-electron chi connectivity index (χ3n) is 5.72. The fourth-order valence-electron chi connectivity index (χ4n) is 4.36. The maximum Gasteiger partial charge on any atom is 0.119 e. The number of methoxy groups -OCH3 is 1. The van der Waals surface area contributed by atoms with Gasteiger partial charge in [0.2, 0.25) is 0 Å². The Morgan fingerprint density at radius 1 is 1.35 bits per heavy atom. The van der Waals surface area contributed by atoms with Gasteiger partial charge < -0.3 is 10.5 Å². The number of aryl methyl sites for hydroxylation is 1. The molecule has 2 N–H and O–H groups in total. The Morgan fingerprint density at radius 3 is 2.95 bits per heavy atom. The van der Waals surface area contributed by atoms with Crippen LogP contribution in [0.5, 0.6) is 5.75 Å². The van der Waals surface area contributed by atoms with Crippen LogP contribution in [0, 0.1) is 11.8 Å². The molecule has 0 heterocycles. The molecule has 0 radical (unpaired) electrons. The number of nitrogens with two attached hydrogens (primary N) is 1. The van der Waals surface area contributed by atoms with E-state index in [2.05, 4.69) is 25.1 Å².